The summed E-state index contributed by atoms with van der Waals surface area (Å²) >= 11 is 0. The maximum absolute atomic E-state index is 12.0. The molecular formula is C17H24N2O3. The maximum Gasteiger partial charge on any atom is 0.242 e. The number of carbonyl (C=O) groups is 2. The zero-order valence-corrected chi connectivity index (χ0v) is 13.0. The van der Waals surface area contributed by atoms with Crippen LogP contribution in [0.4, 0.5) is 0 Å². The Hall–Kier alpha value is -1.88. The van der Waals surface area contributed by atoms with E-state index < -0.39 is 6.10 Å². The molecule has 1 aliphatic heterocycles. The van der Waals surface area contributed by atoms with E-state index >= 15 is 0 Å². The van der Waals surface area contributed by atoms with Crippen molar-refractivity contribution in [1.82, 2.24) is 10.2 Å². The predicted molar refractivity (Wildman–Crippen MR) is 84.3 cm³/mol. The van der Waals surface area contributed by atoms with Gasteiger partial charge in [0.05, 0.1) is 12.6 Å². The molecule has 22 heavy (non-hydrogen) atoms. The highest BCUT2D eigenvalue weighted by Gasteiger charge is 2.21. The monoisotopic (exact) mass is 304 g/mol. The molecule has 1 unspecified atom stereocenters. The first kappa shape index (κ1) is 16.5. The lowest BCUT2D eigenvalue weighted by Gasteiger charge is -2.30. The van der Waals surface area contributed by atoms with Crippen LogP contribution >= 0.6 is 0 Å². The highest BCUT2D eigenvalue weighted by atomic mass is 16.3. The van der Waals surface area contributed by atoms with Gasteiger partial charge >= 0.3 is 0 Å². The smallest absolute Gasteiger partial charge is 0.242 e. The number of hydrogen-bond acceptors (Lipinski definition) is 3. The SMILES string of the molecule is Cc1ccc(CCC(=O)NCC(=O)N2CCCC(O)C2)cc1. The Morgan fingerprint density at radius 3 is 2.73 bits per heavy atom. The molecule has 1 aromatic rings. The van der Waals surface area contributed by atoms with Crippen LogP contribution in [0.5, 0.6) is 0 Å². The molecule has 0 aliphatic carbocycles. The predicted octanol–water partition coefficient (Wildman–Crippen LogP) is 1.03. The number of likely N-dealkylation sites (tertiary alicyclic amines) is 1. The topological polar surface area (TPSA) is 69.6 Å². The van der Waals surface area contributed by atoms with Gasteiger partial charge in [0.15, 0.2) is 0 Å². The molecule has 0 spiro atoms. The van der Waals surface area contributed by atoms with Crippen LogP contribution in [0.2, 0.25) is 0 Å². The molecule has 5 nitrogen and oxygen atoms in total. The second-order valence-corrected chi connectivity index (χ2v) is 5.90. The highest BCUT2D eigenvalue weighted by molar-refractivity contribution is 5.84. The van der Waals surface area contributed by atoms with Crippen molar-refractivity contribution in [2.45, 2.75) is 38.7 Å². The van der Waals surface area contributed by atoms with Crippen LogP contribution in [0.15, 0.2) is 24.3 Å². The number of hydrogen-bond donors (Lipinski definition) is 2. The number of benzene rings is 1. The first-order chi connectivity index (χ1) is 10.5. The van der Waals surface area contributed by atoms with Gasteiger partial charge in [-0.3, -0.25) is 9.59 Å². The fraction of sp³-hybridized carbons (Fsp3) is 0.529. The van der Waals surface area contributed by atoms with Crippen LogP contribution in [0, 0.1) is 6.92 Å². The summed E-state index contributed by atoms with van der Waals surface area (Å²) in [5, 5.41) is 12.2. The number of rotatable bonds is 5. The second-order valence-electron chi connectivity index (χ2n) is 5.90. The Balaban J connectivity index is 1.68. The first-order valence-corrected chi connectivity index (χ1v) is 7.82. The summed E-state index contributed by atoms with van der Waals surface area (Å²) < 4.78 is 0. The van der Waals surface area contributed by atoms with Crippen molar-refractivity contribution in [3.05, 3.63) is 35.4 Å². The largest absolute Gasteiger partial charge is 0.391 e. The van der Waals surface area contributed by atoms with Gasteiger partial charge in [-0.1, -0.05) is 29.8 Å². The molecule has 1 saturated heterocycles. The number of amides is 2. The molecule has 2 amide bonds. The average molecular weight is 304 g/mol. The third-order valence-electron chi connectivity index (χ3n) is 3.95. The zero-order chi connectivity index (χ0) is 15.9. The van der Waals surface area contributed by atoms with E-state index in [0.717, 1.165) is 18.4 Å². The summed E-state index contributed by atoms with van der Waals surface area (Å²) in [7, 11) is 0. The summed E-state index contributed by atoms with van der Waals surface area (Å²) in [5.74, 6) is -0.242. The van der Waals surface area contributed by atoms with E-state index in [2.05, 4.69) is 5.32 Å². The van der Waals surface area contributed by atoms with Crippen molar-refractivity contribution < 1.29 is 14.7 Å². The number of nitrogens with one attached hydrogen (secondary N) is 1. The normalized spacial score (nSPS) is 18.1. The van der Waals surface area contributed by atoms with Gasteiger partial charge < -0.3 is 15.3 Å². The van der Waals surface area contributed by atoms with Crippen LogP contribution in [-0.4, -0.2) is 47.6 Å². The lowest BCUT2D eigenvalue weighted by Crippen LogP contribution is -2.46. The number of aliphatic hydroxyl groups is 1. The lowest BCUT2D eigenvalue weighted by molar-refractivity contribution is -0.135. The van der Waals surface area contributed by atoms with Gasteiger partial charge in [-0.05, 0) is 31.7 Å². The molecular weight excluding hydrogens is 280 g/mol. The van der Waals surface area contributed by atoms with Gasteiger partial charge in [0.25, 0.3) is 0 Å². The van der Waals surface area contributed by atoms with Gasteiger partial charge in [-0.15, -0.1) is 0 Å². The summed E-state index contributed by atoms with van der Waals surface area (Å²) in [4.78, 5) is 25.4. The standard InChI is InChI=1S/C17H24N2O3/c1-13-4-6-14(7-5-13)8-9-16(21)18-11-17(22)19-10-2-3-15(20)12-19/h4-7,15,20H,2-3,8-12H2,1H3,(H,18,21). The summed E-state index contributed by atoms with van der Waals surface area (Å²) in [6.07, 6.45) is 2.16. The van der Waals surface area contributed by atoms with Gasteiger partial charge in [-0.25, -0.2) is 0 Å². The van der Waals surface area contributed by atoms with Crippen LogP contribution in [0.3, 0.4) is 0 Å². The molecule has 2 rings (SSSR count). The molecule has 5 heteroatoms. The minimum absolute atomic E-state index is 0.0133. The van der Waals surface area contributed by atoms with E-state index in [9.17, 15) is 14.7 Å². The molecule has 1 aliphatic rings. The van der Waals surface area contributed by atoms with E-state index in [0.29, 0.717) is 25.9 Å². The number of aryl methyl sites for hydroxylation is 2. The zero-order valence-electron chi connectivity index (χ0n) is 13.0. The Morgan fingerprint density at radius 1 is 1.32 bits per heavy atom. The Kier molecular flexibility index (Phi) is 5.95. The molecule has 1 fully saturated rings. The molecule has 0 bridgehead atoms. The van der Waals surface area contributed by atoms with E-state index in [1.165, 1.54) is 5.56 Å². The van der Waals surface area contributed by atoms with Crippen molar-refractivity contribution >= 4 is 11.8 Å². The Labute approximate surface area is 131 Å². The van der Waals surface area contributed by atoms with Gasteiger partial charge in [0.2, 0.25) is 11.8 Å². The van der Waals surface area contributed by atoms with Crippen molar-refractivity contribution in [2.24, 2.45) is 0 Å². The lowest BCUT2D eigenvalue weighted by atomic mass is 10.1. The highest BCUT2D eigenvalue weighted by Crippen LogP contribution is 2.09. The fourth-order valence-electron chi connectivity index (χ4n) is 2.57. The van der Waals surface area contributed by atoms with Crippen molar-refractivity contribution in [3.63, 3.8) is 0 Å². The number of aliphatic hydroxyl groups excluding tert-OH is 1. The molecule has 120 valence electrons. The summed E-state index contributed by atoms with van der Waals surface area (Å²) in [6.45, 7) is 3.08. The number of carbonyl (C=O) groups excluding carboxylic acids is 2. The Morgan fingerprint density at radius 2 is 2.05 bits per heavy atom. The second kappa shape index (κ2) is 7.94. The fourth-order valence-corrected chi connectivity index (χ4v) is 2.57. The Bertz CT molecular complexity index is 513. The van der Waals surface area contributed by atoms with E-state index in [1.54, 1.807) is 4.90 Å². The number of β-amino-alcohol motifs (C(OH)–C–C–N with tert-alkyl or cyclic N) is 1. The molecule has 0 radical (unpaired) electrons. The molecule has 2 N–H and O–H groups in total. The quantitative estimate of drug-likeness (QED) is 0.853. The van der Waals surface area contributed by atoms with Crippen molar-refractivity contribution in [2.75, 3.05) is 19.6 Å². The average Bonchev–Trinajstić information content (AvgIpc) is 2.52. The van der Waals surface area contributed by atoms with Gasteiger partial charge in [0, 0.05) is 19.5 Å². The van der Waals surface area contributed by atoms with E-state index in [1.807, 2.05) is 31.2 Å². The van der Waals surface area contributed by atoms with Crippen molar-refractivity contribution in [1.29, 1.82) is 0 Å². The van der Waals surface area contributed by atoms with Crippen LogP contribution in [-0.2, 0) is 16.0 Å². The minimum Gasteiger partial charge on any atom is -0.391 e. The van der Waals surface area contributed by atoms with Crippen LogP contribution in [0.25, 0.3) is 0 Å². The molecule has 0 aromatic heterocycles. The van der Waals surface area contributed by atoms with E-state index in [-0.39, 0.29) is 18.4 Å². The first-order valence-electron chi connectivity index (χ1n) is 7.82. The minimum atomic E-state index is -0.435. The maximum atomic E-state index is 12.0. The molecule has 1 atom stereocenters. The number of nitrogens with zero attached hydrogens (tertiary/aromatic N) is 1. The summed E-state index contributed by atoms with van der Waals surface area (Å²) in [5.41, 5.74) is 2.31. The third-order valence-corrected chi connectivity index (χ3v) is 3.95. The molecule has 0 saturated carbocycles. The number of piperidine rings is 1. The van der Waals surface area contributed by atoms with E-state index in [4.69, 9.17) is 0 Å². The van der Waals surface area contributed by atoms with Crippen molar-refractivity contribution in [3.8, 4) is 0 Å². The summed E-state index contributed by atoms with van der Waals surface area (Å²) in [6, 6.07) is 8.09. The molecule has 1 aromatic carbocycles. The molecule has 1 heterocycles. The van der Waals surface area contributed by atoms with Gasteiger partial charge in [0.1, 0.15) is 0 Å². The third kappa shape index (κ3) is 5.15. The van der Waals surface area contributed by atoms with Crippen LogP contribution in [0.1, 0.15) is 30.4 Å². The van der Waals surface area contributed by atoms with Crippen LogP contribution < -0.4 is 5.32 Å². The van der Waals surface area contributed by atoms with Gasteiger partial charge in [-0.2, -0.15) is 0 Å².